The number of hydrogen-bond acceptors (Lipinski definition) is 4. The smallest absolute Gasteiger partial charge is 0.191 e. The number of hydrogen-bond donors (Lipinski definition) is 2. The Labute approximate surface area is 191 Å². The van der Waals surface area contributed by atoms with E-state index in [0.29, 0.717) is 6.10 Å². The van der Waals surface area contributed by atoms with Crippen LogP contribution in [0.5, 0.6) is 0 Å². The van der Waals surface area contributed by atoms with Crippen LogP contribution in [-0.4, -0.2) is 76.4 Å². The standard InChI is InChI=1S/C20H32ClN5O.HI/c1-22-20(24-16-19-7-3-14-27-19)23-8-4-9-25-10-12-26(13-11-25)18-6-2-5-17(21)15-18;/h2,5-6,15,19H,3-4,7-14,16H2,1H3,(H2,22,23,24);1H. The molecule has 158 valence electrons. The lowest BCUT2D eigenvalue weighted by atomic mass is 10.2. The number of benzene rings is 1. The molecule has 2 saturated heterocycles. The van der Waals surface area contributed by atoms with Crippen LogP contribution in [0.4, 0.5) is 5.69 Å². The number of aliphatic imine (C=N–C) groups is 1. The van der Waals surface area contributed by atoms with Crippen molar-refractivity contribution >= 4 is 47.2 Å². The second kappa shape index (κ2) is 12.7. The van der Waals surface area contributed by atoms with Gasteiger partial charge >= 0.3 is 0 Å². The van der Waals surface area contributed by atoms with E-state index < -0.39 is 0 Å². The molecular weight excluding hydrogens is 489 g/mol. The van der Waals surface area contributed by atoms with Gasteiger partial charge in [0.2, 0.25) is 0 Å². The first-order valence-electron chi connectivity index (χ1n) is 10.0. The molecule has 1 aromatic carbocycles. The zero-order valence-corrected chi connectivity index (χ0v) is 19.8. The van der Waals surface area contributed by atoms with Crippen LogP contribution >= 0.6 is 35.6 Å². The van der Waals surface area contributed by atoms with E-state index in [1.165, 1.54) is 12.1 Å². The van der Waals surface area contributed by atoms with Crippen molar-refractivity contribution in [2.75, 3.05) is 64.4 Å². The molecule has 28 heavy (non-hydrogen) atoms. The minimum Gasteiger partial charge on any atom is -0.376 e. The molecule has 0 aromatic heterocycles. The molecule has 1 atom stereocenters. The highest BCUT2D eigenvalue weighted by Crippen LogP contribution is 2.20. The Hall–Kier alpha value is -0.770. The van der Waals surface area contributed by atoms with Crippen molar-refractivity contribution in [2.45, 2.75) is 25.4 Å². The summed E-state index contributed by atoms with van der Waals surface area (Å²) >= 11 is 6.11. The summed E-state index contributed by atoms with van der Waals surface area (Å²) in [6.07, 6.45) is 3.76. The van der Waals surface area contributed by atoms with Crippen molar-refractivity contribution in [3.63, 3.8) is 0 Å². The van der Waals surface area contributed by atoms with E-state index in [9.17, 15) is 0 Å². The third-order valence-corrected chi connectivity index (χ3v) is 5.47. The summed E-state index contributed by atoms with van der Waals surface area (Å²) in [5.41, 5.74) is 1.23. The lowest BCUT2D eigenvalue weighted by Gasteiger charge is -2.36. The predicted molar refractivity (Wildman–Crippen MR) is 128 cm³/mol. The summed E-state index contributed by atoms with van der Waals surface area (Å²) in [7, 11) is 1.82. The van der Waals surface area contributed by atoms with Gasteiger partial charge in [0.15, 0.2) is 5.96 Å². The number of halogens is 2. The summed E-state index contributed by atoms with van der Waals surface area (Å²) in [4.78, 5) is 9.24. The lowest BCUT2D eigenvalue weighted by molar-refractivity contribution is 0.114. The number of ether oxygens (including phenoxy) is 1. The number of anilines is 1. The van der Waals surface area contributed by atoms with Gasteiger partial charge in [0.05, 0.1) is 6.10 Å². The Bertz CT molecular complexity index is 604. The Kier molecular flexibility index (Phi) is 10.7. The van der Waals surface area contributed by atoms with E-state index >= 15 is 0 Å². The molecule has 0 spiro atoms. The van der Waals surface area contributed by atoms with E-state index in [-0.39, 0.29) is 24.0 Å². The molecule has 0 amide bonds. The number of guanidine groups is 1. The van der Waals surface area contributed by atoms with Crippen LogP contribution in [0.15, 0.2) is 29.3 Å². The van der Waals surface area contributed by atoms with E-state index in [1.54, 1.807) is 0 Å². The second-order valence-electron chi connectivity index (χ2n) is 7.18. The number of piperazine rings is 1. The van der Waals surface area contributed by atoms with Gasteiger partial charge in [0, 0.05) is 63.6 Å². The minimum atomic E-state index is 0. The fraction of sp³-hybridized carbons (Fsp3) is 0.650. The third kappa shape index (κ3) is 7.57. The monoisotopic (exact) mass is 521 g/mol. The van der Waals surface area contributed by atoms with E-state index in [1.807, 2.05) is 19.2 Å². The average Bonchev–Trinajstić information content (AvgIpc) is 3.21. The summed E-state index contributed by atoms with van der Waals surface area (Å²) in [6, 6.07) is 8.14. The highest BCUT2D eigenvalue weighted by molar-refractivity contribution is 14.0. The van der Waals surface area contributed by atoms with Crippen molar-refractivity contribution < 1.29 is 4.74 Å². The van der Waals surface area contributed by atoms with Gasteiger partial charge in [-0.05, 0) is 44.0 Å². The molecule has 0 saturated carbocycles. The molecule has 1 aromatic rings. The van der Waals surface area contributed by atoms with E-state index in [2.05, 4.69) is 37.6 Å². The molecule has 1 unspecified atom stereocenters. The first kappa shape index (κ1) is 23.5. The summed E-state index contributed by atoms with van der Waals surface area (Å²) in [6.45, 7) is 8.07. The zero-order valence-electron chi connectivity index (χ0n) is 16.7. The molecule has 0 aliphatic carbocycles. The van der Waals surface area contributed by atoms with Crippen LogP contribution in [0.1, 0.15) is 19.3 Å². The van der Waals surface area contributed by atoms with Crippen LogP contribution in [0.2, 0.25) is 5.02 Å². The summed E-state index contributed by atoms with van der Waals surface area (Å²) < 4.78 is 5.64. The number of nitrogens with zero attached hydrogens (tertiary/aromatic N) is 3. The van der Waals surface area contributed by atoms with Gasteiger partial charge in [-0.25, -0.2) is 0 Å². The lowest BCUT2D eigenvalue weighted by Crippen LogP contribution is -2.47. The fourth-order valence-corrected chi connectivity index (χ4v) is 3.83. The third-order valence-electron chi connectivity index (χ3n) is 5.23. The molecule has 8 heteroatoms. The normalized spacial score (nSPS) is 20.7. The molecule has 2 fully saturated rings. The fourth-order valence-electron chi connectivity index (χ4n) is 3.65. The van der Waals surface area contributed by atoms with Gasteiger partial charge in [0.25, 0.3) is 0 Å². The predicted octanol–water partition coefficient (Wildman–Crippen LogP) is 2.81. The van der Waals surface area contributed by atoms with Crippen LogP contribution in [0, 0.1) is 0 Å². The average molecular weight is 522 g/mol. The summed E-state index contributed by atoms with van der Waals surface area (Å²) in [5, 5.41) is 7.57. The highest BCUT2D eigenvalue weighted by atomic mass is 127. The molecule has 2 heterocycles. The molecule has 2 aliphatic heterocycles. The van der Waals surface area contributed by atoms with Crippen LogP contribution in [0.25, 0.3) is 0 Å². The molecule has 2 N–H and O–H groups in total. The molecular formula is C20H33ClIN5O. The number of rotatable bonds is 7. The van der Waals surface area contributed by atoms with Crippen molar-refractivity contribution in [3.05, 3.63) is 29.3 Å². The van der Waals surface area contributed by atoms with Gasteiger partial charge in [-0.15, -0.1) is 24.0 Å². The molecule has 6 nitrogen and oxygen atoms in total. The molecule has 2 aliphatic rings. The minimum absolute atomic E-state index is 0. The van der Waals surface area contributed by atoms with Crippen molar-refractivity contribution in [3.8, 4) is 0 Å². The Morgan fingerprint density at radius 1 is 1.25 bits per heavy atom. The Morgan fingerprint density at radius 3 is 2.75 bits per heavy atom. The van der Waals surface area contributed by atoms with Gasteiger partial charge in [-0.3, -0.25) is 9.89 Å². The van der Waals surface area contributed by atoms with E-state index in [0.717, 1.165) is 76.2 Å². The maximum atomic E-state index is 6.11. The molecule has 0 radical (unpaired) electrons. The Morgan fingerprint density at radius 2 is 2.07 bits per heavy atom. The van der Waals surface area contributed by atoms with Gasteiger partial charge in [-0.1, -0.05) is 17.7 Å². The molecule has 3 rings (SSSR count). The number of nitrogens with one attached hydrogen (secondary N) is 2. The van der Waals surface area contributed by atoms with Gasteiger partial charge in [0.1, 0.15) is 0 Å². The topological polar surface area (TPSA) is 52.1 Å². The van der Waals surface area contributed by atoms with Crippen LogP contribution in [-0.2, 0) is 4.74 Å². The quantitative estimate of drug-likeness (QED) is 0.250. The van der Waals surface area contributed by atoms with Crippen molar-refractivity contribution in [1.82, 2.24) is 15.5 Å². The largest absolute Gasteiger partial charge is 0.376 e. The van der Waals surface area contributed by atoms with E-state index in [4.69, 9.17) is 16.3 Å². The zero-order chi connectivity index (χ0) is 18.9. The van der Waals surface area contributed by atoms with Crippen molar-refractivity contribution in [2.24, 2.45) is 4.99 Å². The van der Waals surface area contributed by atoms with Crippen LogP contribution < -0.4 is 15.5 Å². The Balaban J connectivity index is 0.00000280. The van der Waals surface area contributed by atoms with Gasteiger partial charge in [-0.2, -0.15) is 0 Å². The van der Waals surface area contributed by atoms with Crippen LogP contribution in [0.3, 0.4) is 0 Å². The van der Waals surface area contributed by atoms with Crippen molar-refractivity contribution in [1.29, 1.82) is 0 Å². The first-order chi connectivity index (χ1) is 13.2. The second-order valence-corrected chi connectivity index (χ2v) is 7.61. The maximum Gasteiger partial charge on any atom is 0.191 e. The van der Waals surface area contributed by atoms with Gasteiger partial charge < -0.3 is 20.3 Å². The summed E-state index contributed by atoms with van der Waals surface area (Å²) in [5.74, 6) is 0.872. The maximum absolute atomic E-state index is 6.11. The highest BCUT2D eigenvalue weighted by Gasteiger charge is 2.17. The molecule has 0 bridgehead atoms. The SMILES string of the molecule is CN=C(NCCCN1CCN(c2cccc(Cl)c2)CC1)NCC1CCCO1.I. The first-order valence-corrected chi connectivity index (χ1v) is 10.4.